The fourth-order valence-electron chi connectivity index (χ4n) is 4.50. The monoisotopic (exact) mass is 513 g/mol. The molecule has 4 aromatic rings. The minimum absolute atomic E-state index is 0.0484. The average molecular weight is 514 g/mol. The third-order valence-electron chi connectivity index (χ3n) is 6.41. The zero-order valence-electron chi connectivity index (χ0n) is 25.7. The predicted octanol–water partition coefficient (Wildman–Crippen LogP) is 3.48. The Bertz CT molecular complexity index is 1730. The van der Waals surface area contributed by atoms with Gasteiger partial charge in [0, 0.05) is 44.9 Å². The van der Waals surface area contributed by atoms with Crippen LogP contribution in [-0.2, 0) is 0 Å². The van der Waals surface area contributed by atoms with Gasteiger partial charge in [-0.1, -0.05) is 13.0 Å². The van der Waals surface area contributed by atoms with Crippen LogP contribution in [0.1, 0.15) is 45.4 Å². The summed E-state index contributed by atoms with van der Waals surface area (Å²) >= 11 is 0. The number of aromatic nitrogens is 4. The minimum Gasteiger partial charge on any atom is -0.367 e. The molecule has 37 heavy (non-hydrogen) atoms. The molecule has 0 radical (unpaired) electrons. The molecule has 1 fully saturated rings. The van der Waals surface area contributed by atoms with Crippen molar-refractivity contribution in [3.63, 3.8) is 0 Å². The quantitative estimate of drug-likeness (QED) is 0.423. The molecule has 1 aliphatic rings. The number of carbonyl (C=O) groups is 1. The number of fused-ring (bicyclic) bond motifs is 1. The molecule has 2 aromatic carbocycles. The number of nitrogens with two attached hydrogens (primary N) is 1. The SMILES string of the molecule is [2H]C([2H])([2H])C(n1ncc2c(N3C[C@@H](C)[C@@H](N)C3)c(NC(=O)c3ccc(=O)n(-c4c(F)cccc4F)n3)ccc21)C([2H])([2H])[2H]. The molecule has 11 heteroatoms. The summed E-state index contributed by atoms with van der Waals surface area (Å²) < 4.78 is 77.4. The summed E-state index contributed by atoms with van der Waals surface area (Å²) in [5.41, 5.74) is 5.18. The summed E-state index contributed by atoms with van der Waals surface area (Å²) in [4.78, 5) is 27.7. The molecule has 0 bridgehead atoms. The molecule has 0 saturated carbocycles. The van der Waals surface area contributed by atoms with E-state index in [4.69, 9.17) is 14.0 Å². The first-order valence-corrected chi connectivity index (χ1v) is 11.4. The number of nitrogens with zero attached hydrogens (tertiary/aromatic N) is 5. The topological polar surface area (TPSA) is 111 Å². The van der Waals surface area contributed by atoms with Crippen molar-refractivity contribution in [3.05, 3.63) is 76.3 Å². The van der Waals surface area contributed by atoms with E-state index in [1.54, 1.807) is 0 Å². The first-order chi connectivity index (χ1) is 20.1. The summed E-state index contributed by atoms with van der Waals surface area (Å²) in [6.45, 7) is -3.04. The van der Waals surface area contributed by atoms with Gasteiger partial charge >= 0.3 is 0 Å². The fraction of sp³-hybridized carbons (Fsp3) is 0.308. The number of anilines is 2. The number of halogens is 2. The maximum atomic E-state index is 14.4. The second kappa shape index (κ2) is 9.40. The summed E-state index contributed by atoms with van der Waals surface area (Å²) in [6, 6.07) is 5.82. The van der Waals surface area contributed by atoms with Gasteiger partial charge in [-0.3, -0.25) is 14.3 Å². The zero-order valence-corrected chi connectivity index (χ0v) is 19.7. The third-order valence-corrected chi connectivity index (χ3v) is 6.41. The number of para-hydroxylation sites is 1. The van der Waals surface area contributed by atoms with Gasteiger partial charge < -0.3 is 16.0 Å². The molecular weight excluding hydrogens is 480 g/mol. The van der Waals surface area contributed by atoms with Gasteiger partial charge in [-0.2, -0.15) is 14.9 Å². The number of benzene rings is 2. The van der Waals surface area contributed by atoms with Crippen molar-refractivity contribution in [1.29, 1.82) is 0 Å². The van der Waals surface area contributed by atoms with Gasteiger partial charge in [-0.05, 0) is 50.0 Å². The van der Waals surface area contributed by atoms with E-state index < -0.39 is 48.5 Å². The number of carbonyl (C=O) groups excluding carboxylic acids is 1. The Morgan fingerprint density at radius 2 is 1.89 bits per heavy atom. The number of hydrogen-bond acceptors (Lipinski definition) is 6. The third kappa shape index (κ3) is 4.35. The molecule has 0 spiro atoms. The highest BCUT2D eigenvalue weighted by Crippen LogP contribution is 2.38. The highest BCUT2D eigenvalue weighted by molar-refractivity contribution is 6.09. The standard InChI is InChI=1S/C26H27F2N7O2/c1-14(2)34-22-9-7-20(24(16(22)11-30-34)33-12-15(3)19(29)13-33)31-26(37)21-8-10-23(36)35(32-21)25-17(27)5-4-6-18(25)28/h4-11,14-15,19H,12-13,29H2,1-3H3,(H,31,37)/t15-,19+/m1/s1/i1D3,2D3. The van der Waals surface area contributed by atoms with E-state index >= 15 is 0 Å². The van der Waals surface area contributed by atoms with Crippen molar-refractivity contribution < 1.29 is 21.8 Å². The van der Waals surface area contributed by atoms with Crippen LogP contribution in [-0.4, -0.2) is 44.6 Å². The molecule has 5 rings (SSSR count). The number of rotatable bonds is 5. The number of nitrogens with one attached hydrogen (secondary N) is 1. The molecule has 9 nitrogen and oxygen atoms in total. The second-order valence-corrected chi connectivity index (χ2v) is 8.93. The average Bonchev–Trinajstić information content (AvgIpc) is 3.45. The highest BCUT2D eigenvalue weighted by Gasteiger charge is 2.30. The summed E-state index contributed by atoms with van der Waals surface area (Å²) in [5, 5.41) is 11.1. The molecule has 2 aromatic heterocycles. The van der Waals surface area contributed by atoms with Crippen molar-refractivity contribution in [2.45, 2.75) is 32.7 Å². The van der Waals surface area contributed by atoms with Crippen molar-refractivity contribution >= 4 is 28.2 Å². The van der Waals surface area contributed by atoms with Gasteiger partial charge in [0.15, 0.2) is 11.6 Å². The van der Waals surface area contributed by atoms with E-state index in [9.17, 15) is 18.4 Å². The molecule has 0 unspecified atom stereocenters. The van der Waals surface area contributed by atoms with Gasteiger partial charge in [0.1, 0.15) is 11.4 Å². The van der Waals surface area contributed by atoms with E-state index in [0.29, 0.717) is 28.8 Å². The second-order valence-electron chi connectivity index (χ2n) is 8.93. The Kier molecular flexibility index (Phi) is 4.62. The molecule has 1 amide bonds. The Morgan fingerprint density at radius 1 is 1.14 bits per heavy atom. The van der Waals surface area contributed by atoms with Crippen molar-refractivity contribution in [2.75, 3.05) is 23.3 Å². The van der Waals surface area contributed by atoms with Gasteiger partial charge in [-0.15, -0.1) is 0 Å². The fourth-order valence-corrected chi connectivity index (χ4v) is 4.50. The molecular formula is C26H27F2N7O2. The molecule has 0 aliphatic carbocycles. The Morgan fingerprint density at radius 3 is 2.57 bits per heavy atom. The minimum atomic E-state index is -2.91. The summed E-state index contributed by atoms with van der Waals surface area (Å²) in [7, 11) is 0. The summed E-state index contributed by atoms with van der Waals surface area (Å²) in [6.07, 6.45) is 1.33. The van der Waals surface area contributed by atoms with Crippen molar-refractivity contribution in [3.8, 4) is 5.69 Å². The van der Waals surface area contributed by atoms with Crippen molar-refractivity contribution in [2.24, 2.45) is 11.7 Å². The van der Waals surface area contributed by atoms with Gasteiger partial charge in [-0.25, -0.2) is 8.78 Å². The van der Waals surface area contributed by atoms with E-state index in [0.717, 1.165) is 35.0 Å². The van der Waals surface area contributed by atoms with E-state index in [1.165, 1.54) is 18.3 Å². The lowest BCUT2D eigenvalue weighted by Crippen LogP contribution is -2.29. The lowest BCUT2D eigenvalue weighted by Gasteiger charge is -2.23. The van der Waals surface area contributed by atoms with Gasteiger partial charge in [0.05, 0.1) is 23.1 Å². The zero-order chi connectivity index (χ0) is 31.4. The molecule has 192 valence electrons. The largest absolute Gasteiger partial charge is 0.367 e. The van der Waals surface area contributed by atoms with Crippen LogP contribution >= 0.6 is 0 Å². The first-order valence-electron chi connectivity index (χ1n) is 14.4. The molecule has 1 aliphatic heterocycles. The Balaban J connectivity index is 1.61. The maximum absolute atomic E-state index is 14.4. The van der Waals surface area contributed by atoms with Gasteiger partial charge in [0.2, 0.25) is 0 Å². The molecule has 3 heterocycles. The van der Waals surface area contributed by atoms with Crippen LogP contribution in [0.15, 0.2) is 53.5 Å². The van der Waals surface area contributed by atoms with E-state index in [1.807, 2.05) is 11.8 Å². The maximum Gasteiger partial charge on any atom is 0.276 e. The molecule has 3 N–H and O–H groups in total. The molecule has 1 saturated heterocycles. The smallest absolute Gasteiger partial charge is 0.276 e. The Labute approximate surface area is 219 Å². The number of amides is 1. The first kappa shape index (κ1) is 18.2. The lowest BCUT2D eigenvalue weighted by atomic mass is 10.1. The van der Waals surface area contributed by atoms with Crippen molar-refractivity contribution in [1.82, 2.24) is 19.6 Å². The van der Waals surface area contributed by atoms with Gasteiger partial charge in [0.25, 0.3) is 11.5 Å². The predicted molar refractivity (Wildman–Crippen MR) is 137 cm³/mol. The lowest BCUT2D eigenvalue weighted by molar-refractivity contribution is 0.102. The Hall–Kier alpha value is -4.12. The highest BCUT2D eigenvalue weighted by atomic mass is 19.1. The van der Waals surface area contributed by atoms with E-state index in [-0.39, 0.29) is 28.9 Å². The number of hydrogen-bond donors (Lipinski definition) is 2. The van der Waals surface area contributed by atoms with Crippen LogP contribution in [0.3, 0.4) is 0 Å². The van der Waals surface area contributed by atoms with Crippen LogP contribution in [0.25, 0.3) is 16.6 Å². The van der Waals surface area contributed by atoms with Crippen LogP contribution in [0.2, 0.25) is 0 Å². The normalized spacial score (nSPS) is 20.7. The molecule has 2 atom stereocenters. The van der Waals surface area contributed by atoms with Crippen LogP contribution in [0.4, 0.5) is 20.2 Å². The van der Waals surface area contributed by atoms with Crippen LogP contribution < -0.4 is 21.5 Å². The summed E-state index contributed by atoms with van der Waals surface area (Å²) in [5.74, 6) is -2.88. The van der Waals surface area contributed by atoms with E-state index in [2.05, 4.69) is 15.5 Å². The van der Waals surface area contributed by atoms with Crippen LogP contribution in [0, 0.1) is 17.6 Å². The van der Waals surface area contributed by atoms with Crippen LogP contribution in [0.5, 0.6) is 0 Å².